The van der Waals surface area contributed by atoms with Gasteiger partial charge in [-0.2, -0.15) is 0 Å². The predicted octanol–water partition coefficient (Wildman–Crippen LogP) is 6.28. The summed E-state index contributed by atoms with van der Waals surface area (Å²) < 4.78 is 6.17. The fourth-order valence-electron chi connectivity index (χ4n) is 3.61. The number of carbonyl (C=O) groups excluding carboxylic acids is 1. The molecule has 2 aromatic heterocycles. The lowest BCUT2D eigenvalue weighted by Crippen LogP contribution is -2.12. The number of fused-ring (bicyclic) bond motifs is 2. The molecule has 0 spiro atoms. The number of hydrogen-bond acceptors (Lipinski definition) is 4. The van der Waals surface area contributed by atoms with Crippen LogP contribution >= 0.6 is 11.3 Å². The standard InChI is InChI=1S/C25H18N2O2S/c28-25(27-19-8-5-12-26-15-19)24-23(11-13-30-24)29-16-22-20-9-3-1-6-17(20)14-18-7-2-4-10-21(18)22/h1-15H,16H2,(H,27,28). The van der Waals surface area contributed by atoms with E-state index in [-0.39, 0.29) is 5.91 Å². The number of nitrogens with zero attached hydrogens (tertiary/aromatic N) is 1. The zero-order valence-corrected chi connectivity index (χ0v) is 16.9. The van der Waals surface area contributed by atoms with Gasteiger partial charge in [-0.15, -0.1) is 11.3 Å². The maximum Gasteiger partial charge on any atom is 0.269 e. The maximum absolute atomic E-state index is 12.7. The van der Waals surface area contributed by atoms with Crippen molar-refractivity contribution < 1.29 is 9.53 Å². The van der Waals surface area contributed by atoms with Crippen LogP contribution in [0.15, 0.2) is 90.6 Å². The largest absolute Gasteiger partial charge is 0.487 e. The van der Waals surface area contributed by atoms with Crippen molar-refractivity contribution in [2.24, 2.45) is 0 Å². The number of pyridine rings is 1. The minimum atomic E-state index is -0.198. The zero-order chi connectivity index (χ0) is 20.3. The molecule has 0 fully saturated rings. The van der Waals surface area contributed by atoms with E-state index in [1.807, 2.05) is 35.7 Å². The summed E-state index contributed by atoms with van der Waals surface area (Å²) in [5.41, 5.74) is 1.77. The topological polar surface area (TPSA) is 51.2 Å². The van der Waals surface area contributed by atoms with Gasteiger partial charge in [-0.1, -0.05) is 48.5 Å². The molecule has 5 aromatic rings. The van der Waals surface area contributed by atoms with Gasteiger partial charge in [-0.25, -0.2) is 0 Å². The molecule has 0 aliphatic heterocycles. The van der Waals surface area contributed by atoms with Gasteiger partial charge in [0.2, 0.25) is 0 Å². The molecule has 2 heterocycles. The van der Waals surface area contributed by atoms with Crippen molar-refractivity contribution in [1.29, 1.82) is 0 Å². The number of carbonyl (C=O) groups is 1. The molecule has 5 heteroatoms. The molecule has 0 aliphatic rings. The number of benzene rings is 3. The average molecular weight is 410 g/mol. The van der Waals surface area contributed by atoms with Crippen molar-refractivity contribution in [2.75, 3.05) is 5.32 Å². The SMILES string of the molecule is O=C(Nc1cccnc1)c1sccc1OCc1c2ccccc2cc2ccccc12. The molecule has 4 nitrogen and oxygen atoms in total. The number of nitrogens with one attached hydrogen (secondary N) is 1. The number of thiophene rings is 1. The van der Waals surface area contributed by atoms with E-state index in [1.54, 1.807) is 24.5 Å². The second kappa shape index (κ2) is 7.97. The van der Waals surface area contributed by atoms with E-state index in [0.717, 1.165) is 16.3 Å². The summed E-state index contributed by atoms with van der Waals surface area (Å²) in [5, 5.41) is 9.41. The average Bonchev–Trinajstić information content (AvgIpc) is 3.26. The van der Waals surface area contributed by atoms with Crippen LogP contribution in [0.2, 0.25) is 0 Å². The van der Waals surface area contributed by atoms with Crippen LogP contribution in [0.3, 0.4) is 0 Å². The monoisotopic (exact) mass is 410 g/mol. The summed E-state index contributed by atoms with van der Waals surface area (Å²) in [6, 6.07) is 24.3. The third-order valence-corrected chi connectivity index (χ3v) is 5.90. The Labute approximate surface area is 177 Å². The highest BCUT2D eigenvalue weighted by molar-refractivity contribution is 7.12. The Bertz CT molecular complexity index is 1290. The van der Waals surface area contributed by atoms with Gasteiger partial charge in [0, 0.05) is 11.8 Å². The van der Waals surface area contributed by atoms with Gasteiger partial charge in [0.25, 0.3) is 5.91 Å². The summed E-state index contributed by atoms with van der Waals surface area (Å²) in [7, 11) is 0. The van der Waals surface area contributed by atoms with Crippen molar-refractivity contribution in [1.82, 2.24) is 4.98 Å². The minimum absolute atomic E-state index is 0.198. The predicted molar refractivity (Wildman–Crippen MR) is 122 cm³/mol. The first-order chi connectivity index (χ1) is 14.8. The van der Waals surface area contributed by atoms with Crippen LogP contribution in [-0.2, 0) is 6.61 Å². The quantitative estimate of drug-likeness (QED) is 0.347. The molecule has 0 atom stereocenters. The summed E-state index contributed by atoms with van der Waals surface area (Å²) in [6.07, 6.45) is 3.29. The first kappa shape index (κ1) is 18.3. The molecule has 0 bridgehead atoms. The lowest BCUT2D eigenvalue weighted by atomic mass is 9.97. The molecule has 5 rings (SSSR count). The molecule has 0 saturated heterocycles. The zero-order valence-electron chi connectivity index (χ0n) is 16.0. The Morgan fingerprint density at radius 2 is 1.67 bits per heavy atom. The molecule has 0 unspecified atom stereocenters. The third kappa shape index (κ3) is 3.51. The minimum Gasteiger partial charge on any atom is -0.487 e. The van der Waals surface area contributed by atoms with Gasteiger partial charge < -0.3 is 10.1 Å². The van der Waals surface area contributed by atoms with Gasteiger partial charge >= 0.3 is 0 Å². The summed E-state index contributed by atoms with van der Waals surface area (Å²) in [6.45, 7) is 0.381. The molecule has 0 aliphatic carbocycles. The van der Waals surface area contributed by atoms with Crippen LogP contribution in [0.4, 0.5) is 5.69 Å². The molecule has 3 aromatic carbocycles. The maximum atomic E-state index is 12.7. The molecule has 0 radical (unpaired) electrons. The molecule has 1 N–H and O–H groups in total. The second-order valence-electron chi connectivity index (χ2n) is 6.90. The fraction of sp³-hybridized carbons (Fsp3) is 0.0400. The van der Waals surface area contributed by atoms with Crippen molar-refractivity contribution >= 4 is 44.5 Å². The van der Waals surface area contributed by atoms with Gasteiger partial charge in [-0.05, 0) is 51.2 Å². The number of aromatic nitrogens is 1. The van der Waals surface area contributed by atoms with Gasteiger partial charge in [0.1, 0.15) is 17.2 Å². The number of rotatable bonds is 5. The fourth-order valence-corrected chi connectivity index (χ4v) is 4.34. The van der Waals surface area contributed by atoms with E-state index in [4.69, 9.17) is 4.74 Å². The Kier molecular flexibility index (Phi) is 4.87. The van der Waals surface area contributed by atoms with Crippen LogP contribution in [0.5, 0.6) is 5.75 Å². The van der Waals surface area contributed by atoms with Crippen LogP contribution in [0.25, 0.3) is 21.5 Å². The highest BCUT2D eigenvalue weighted by atomic mass is 32.1. The van der Waals surface area contributed by atoms with Crippen LogP contribution in [0, 0.1) is 0 Å². The van der Waals surface area contributed by atoms with Crippen molar-refractivity contribution in [3.05, 3.63) is 101 Å². The van der Waals surface area contributed by atoms with Crippen LogP contribution in [0.1, 0.15) is 15.2 Å². The van der Waals surface area contributed by atoms with E-state index < -0.39 is 0 Å². The van der Waals surface area contributed by atoms with Crippen LogP contribution in [-0.4, -0.2) is 10.9 Å². The van der Waals surface area contributed by atoms with Crippen LogP contribution < -0.4 is 10.1 Å². The highest BCUT2D eigenvalue weighted by Crippen LogP contribution is 2.31. The Hall–Kier alpha value is -3.70. The molecule has 146 valence electrons. The van der Waals surface area contributed by atoms with E-state index in [1.165, 1.54) is 22.1 Å². The van der Waals surface area contributed by atoms with Crippen molar-refractivity contribution in [3.8, 4) is 5.75 Å². The Morgan fingerprint density at radius 1 is 0.933 bits per heavy atom. The normalized spacial score (nSPS) is 10.9. The number of amides is 1. The summed E-state index contributed by atoms with van der Waals surface area (Å²) in [4.78, 5) is 17.3. The Morgan fingerprint density at radius 3 is 2.37 bits per heavy atom. The first-order valence-electron chi connectivity index (χ1n) is 9.60. The number of anilines is 1. The van der Waals surface area contributed by atoms with E-state index >= 15 is 0 Å². The van der Waals surface area contributed by atoms with Gasteiger partial charge in [0.15, 0.2) is 0 Å². The molecular formula is C25H18N2O2S. The van der Waals surface area contributed by atoms with E-state index in [9.17, 15) is 4.79 Å². The van der Waals surface area contributed by atoms with E-state index in [0.29, 0.717) is 22.9 Å². The lowest BCUT2D eigenvalue weighted by Gasteiger charge is -2.13. The van der Waals surface area contributed by atoms with Crippen molar-refractivity contribution in [3.63, 3.8) is 0 Å². The molecule has 1 amide bonds. The number of ether oxygens (including phenoxy) is 1. The van der Waals surface area contributed by atoms with Gasteiger partial charge in [0.05, 0.1) is 11.9 Å². The first-order valence-corrected chi connectivity index (χ1v) is 10.5. The smallest absolute Gasteiger partial charge is 0.269 e. The Balaban J connectivity index is 1.45. The summed E-state index contributed by atoms with van der Waals surface area (Å²) >= 11 is 1.36. The van der Waals surface area contributed by atoms with Crippen molar-refractivity contribution in [2.45, 2.75) is 6.61 Å². The number of hydrogen-bond donors (Lipinski definition) is 1. The third-order valence-electron chi connectivity index (χ3n) is 5.01. The highest BCUT2D eigenvalue weighted by Gasteiger charge is 2.16. The van der Waals surface area contributed by atoms with E-state index in [2.05, 4.69) is 40.6 Å². The van der Waals surface area contributed by atoms with Gasteiger partial charge in [-0.3, -0.25) is 9.78 Å². The molecule has 0 saturated carbocycles. The second-order valence-corrected chi connectivity index (χ2v) is 7.81. The lowest BCUT2D eigenvalue weighted by molar-refractivity contribution is 0.102. The summed E-state index contributed by atoms with van der Waals surface area (Å²) in [5.74, 6) is 0.384. The molecular weight excluding hydrogens is 392 g/mol. The molecule has 30 heavy (non-hydrogen) atoms.